The molecule has 9 heteroatoms. The van der Waals surface area contributed by atoms with E-state index in [4.69, 9.17) is 21.1 Å². The smallest absolute Gasteiger partial charge is 0.357 e. The summed E-state index contributed by atoms with van der Waals surface area (Å²) in [5.41, 5.74) is 4.79. The summed E-state index contributed by atoms with van der Waals surface area (Å²) < 4.78 is 12.0. The van der Waals surface area contributed by atoms with Crippen molar-refractivity contribution in [2.75, 3.05) is 24.4 Å². The fraction of sp³-hybridized carbons (Fsp3) is 0.172. The molecule has 0 atom stereocenters. The first-order chi connectivity index (χ1) is 18.2. The second-order valence-electron chi connectivity index (χ2n) is 8.59. The highest BCUT2D eigenvalue weighted by Gasteiger charge is 2.24. The topological polar surface area (TPSA) is 102 Å². The Bertz CT molecular complexity index is 1500. The second-order valence-corrected chi connectivity index (χ2v) is 8.97. The molecular formula is C29H28ClN3O5. The Morgan fingerprint density at radius 3 is 2.34 bits per heavy atom. The predicted octanol–water partition coefficient (Wildman–Crippen LogP) is 6.95. The summed E-state index contributed by atoms with van der Waals surface area (Å²) in [4.78, 5) is 25.8. The van der Waals surface area contributed by atoms with E-state index in [1.54, 1.807) is 49.4 Å². The number of hydrogen-bond acceptors (Lipinski definition) is 5. The average Bonchev–Trinajstić information content (AvgIpc) is 3.21. The number of amides is 2. The van der Waals surface area contributed by atoms with Crippen LogP contribution in [-0.2, 0) is 4.74 Å². The van der Waals surface area contributed by atoms with Gasteiger partial charge in [-0.2, -0.15) is 0 Å². The summed E-state index contributed by atoms with van der Waals surface area (Å²) in [5, 5.41) is 16.2. The lowest BCUT2D eigenvalue weighted by molar-refractivity contribution is 0.0518. The Hall–Kier alpha value is -4.43. The van der Waals surface area contributed by atoms with E-state index in [0.717, 1.165) is 16.7 Å². The number of carbonyl (C=O) groups excluding carboxylic acids is 2. The van der Waals surface area contributed by atoms with Crippen molar-refractivity contribution in [1.82, 2.24) is 4.57 Å². The minimum atomic E-state index is -0.643. The van der Waals surface area contributed by atoms with Crippen LogP contribution in [0.15, 0.2) is 66.7 Å². The number of carbonyl (C=O) groups is 2. The lowest BCUT2D eigenvalue weighted by Gasteiger charge is -2.14. The van der Waals surface area contributed by atoms with E-state index in [1.165, 1.54) is 17.7 Å². The predicted molar refractivity (Wildman–Crippen MR) is 149 cm³/mol. The zero-order chi connectivity index (χ0) is 27.4. The van der Waals surface area contributed by atoms with Gasteiger partial charge in [0.1, 0.15) is 5.15 Å². The van der Waals surface area contributed by atoms with Crippen LogP contribution in [0.5, 0.6) is 11.5 Å². The molecule has 0 aliphatic heterocycles. The second kappa shape index (κ2) is 11.3. The minimum absolute atomic E-state index is 0.0234. The maximum absolute atomic E-state index is 13.0. The van der Waals surface area contributed by atoms with Gasteiger partial charge in [-0.3, -0.25) is 4.57 Å². The van der Waals surface area contributed by atoms with Gasteiger partial charge in [0.25, 0.3) is 0 Å². The number of urea groups is 1. The number of nitrogens with zero attached hydrogens (tertiary/aromatic N) is 1. The third-order valence-corrected chi connectivity index (χ3v) is 6.24. The maximum Gasteiger partial charge on any atom is 0.357 e. The first kappa shape index (κ1) is 26.6. The van der Waals surface area contributed by atoms with E-state index in [9.17, 15) is 14.7 Å². The number of para-hydroxylation sites is 1. The summed E-state index contributed by atoms with van der Waals surface area (Å²) in [6.07, 6.45) is 0. The minimum Gasteiger partial charge on any atom is -0.504 e. The van der Waals surface area contributed by atoms with Gasteiger partial charge in [-0.05, 0) is 56.2 Å². The van der Waals surface area contributed by atoms with Gasteiger partial charge < -0.3 is 25.2 Å². The number of aromatic hydroxyl groups is 1. The van der Waals surface area contributed by atoms with Crippen LogP contribution in [-0.4, -0.2) is 35.4 Å². The Kier molecular flexibility index (Phi) is 7.93. The average molecular weight is 534 g/mol. The van der Waals surface area contributed by atoms with Crippen molar-refractivity contribution >= 4 is 35.0 Å². The molecule has 2 amide bonds. The highest BCUT2D eigenvalue weighted by molar-refractivity contribution is 6.31. The number of hydrogen-bond donors (Lipinski definition) is 3. The molecule has 1 aromatic heterocycles. The first-order valence-electron chi connectivity index (χ1n) is 11.9. The summed E-state index contributed by atoms with van der Waals surface area (Å²) in [5.74, 6) is -0.259. The Morgan fingerprint density at radius 1 is 0.974 bits per heavy atom. The van der Waals surface area contributed by atoms with Gasteiger partial charge in [-0.1, -0.05) is 53.6 Å². The molecule has 0 spiro atoms. The van der Waals surface area contributed by atoms with Crippen molar-refractivity contribution in [2.24, 2.45) is 0 Å². The van der Waals surface area contributed by atoms with E-state index in [1.807, 2.05) is 32.0 Å². The van der Waals surface area contributed by atoms with E-state index >= 15 is 0 Å². The first-order valence-corrected chi connectivity index (χ1v) is 12.3. The normalized spacial score (nSPS) is 10.7. The number of rotatable bonds is 7. The summed E-state index contributed by atoms with van der Waals surface area (Å²) in [7, 11) is 1.49. The van der Waals surface area contributed by atoms with Crippen LogP contribution in [0.3, 0.4) is 0 Å². The summed E-state index contributed by atoms with van der Waals surface area (Å²) in [6.45, 7) is 5.71. The molecule has 1 heterocycles. The third-order valence-electron chi connectivity index (χ3n) is 5.96. The van der Waals surface area contributed by atoms with Crippen molar-refractivity contribution in [3.05, 3.63) is 88.7 Å². The Balaban J connectivity index is 1.68. The SMILES string of the molecule is CCOC(=O)c1c(NC(=O)Nc2ccc(C)cc2C)cc(Cl)n1-c1ccc(-c2cccc(OC)c2O)cc1. The molecule has 3 aromatic carbocycles. The van der Waals surface area contributed by atoms with E-state index in [-0.39, 0.29) is 28.9 Å². The molecule has 0 unspecified atom stereocenters. The molecule has 0 fully saturated rings. The van der Waals surface area contributed by atoms with Crippen LogP contribution in [0.25, 0.3) is 16.8 Å². The summed E-state index contributed by atoms with van der Waals surface area (Å²) in [6, 6.07) is 18.9. The van der Waals surface area contributed by atoms with Crippen LogP contribution in [0.1, 0.15) is 28.5 Å². The molecule has 0 aliphatic rings. The number of methoxy groups -OCH3 is 1. The lowest BCUT2D eigenvalue weighted by Crippen LogP contribution is -2.22. The van der Waals surface area contributed by atoms with Crippen molar-refractivity contribution in [2.45, 2.75) is 20.8 Å². The molecule has 4 aromatic rings. The van der Waals surface area contributed by atoms with Crippen LogP contribution in [0, 0.1) is 13.8 Å². The van der Waals surface area contributed by atoms with Gasteiger partial charge in [0, 0.05) is 23.0 Å². The quantitative estimate of drug-likeness (QED) is 0.223. The van der Waals surface area contributed by atoms with Gasteiger partial charge in [-0.15, -0.1) is 0 Å². The van der Waals surface area contributed by atoms with Crippen LogP contribution < -0.4 is 15.4 Å². The molecule has 0 saturated carbocycles. The fourth-order valence-electron chi connectivity index (χ4n) is 4.17. The standard InChI is InChI=1S/C29H28ClN3O5/c1-5-38-28(35)26-23(32-29(36)31-22-14-9-17(2)15-18(22)3)16-25(30)33(26)20-12-10-19(11-13-20)21-7-6-8-24(37-4)27(21)34/h6-16,34H,5H2,1-4H3,(H2,31,32,36). The van der Waals surface area contributed by atoms with Crippen molar-refractivity contribution in [3.8, 4) is 28.3 Å². The van der Waals surface area contributed by atoms with Crippen LogP contribution in [0.4, 0.5) is 16.2 Å². The molecule has 0 saturated heterocycles. The van der Waals surface area contributed by atoms with Crippen molar-refractivity contribution in [1.29, 1.82) is 0 Å². The number of phenols is 1. The number of anilines is 2. The molecule has 0 radical (unpaired) electrons. The molecule has 0 aliphatic carbocycles. The van der Waals surface area contributed by atoms with Gasteiger partial charge in [0.05, 0.1) is 19.4 Å². The van der Waals surface area contributed by atoms with Gasteiger partial charge >= 0.3 is 12.0 Å². The molecule has 196 valence electrons. The highest BCUT2D eigenvalue weighted by atomic mass is 35.5. The summed E-state index contributed by atoms with van der Waals surface area (Å²) >= 11 is 6.56. The number of aromatic nitrogens is 1. The molecule has 0 bridgehead atoms. The molecular weight excluding hydrogens is 506 g/mol. The number of halogens is 1. The van der Waals surface area contributed by atoms with Crippen LogP contribution in [0.2, 0.25) is 5.15 Å². The van der Waals surface area contributed by atoms with Crippen LogP contribution >= 0.6 is 11.6 Å². The monoisotopic (exact) mass is 533 g/mol. The Labute approximate surface area is 225 Å². The number of benzene rings is 3. The number of nitrogens with one attached hydrogen (secondary N) is 2. The molecule has 3 N–H and O–H groups in total. The van der Waals surface area contributed by atoms with Gasteiger partial charge in [0.2, 0.25) is 0 Å². The number of phenolic OH excluding ortho intramolecular Hbond substituents is 1. The Morgan fingerprint density at radius 2 is 1.68 bits per heavy atom. The lowest BCUT2D eigenvalue weighted by atomic mass is 10.0. The van der Waals surface area contributed by atoms with Gasteiger partial charge in [-0.25, -0.2) is 9.59 Å². The number of esters is 1. The molecule has 8 nitrogen and oxygen atoms in total. The largest absolute Gasteiger partial charge is 0.504 e. The number of ether oxygens (including phenoxy) is 2. The van der Waals surface area contributed by atoms with Crippen molar-refractivity contribution in [3.63, 3.8) is 0 Å². The molecule has 38 heavy (non-hydrogen) atoms. The van der Waals surface area contributed by atoms with Gasteiger partial charge in [0.15, 0.2) is 17.2 Å². The van der Waals surface area contributed by atoms with E-state index in [0.29, 0.717) is 22.7 Å². The highest BCUT2D eigenvalue weighted by Crippen LogP contribution is 2.37. The zero-order valence-corrected chi connectivity index (χ0v) is 22.2. The number of aryl methyl sites for hydroxylation is 2. The molecule has 4 rings (SSSR count). The zero-order valence-electron chi connectivity index (χ0n) is 21.5. The third kappa shape index (κ3) is 5.45. The van der Waals surface area contributed by atoms with E-state index < -0.39 is 12.0 Å². The maximum atomic E-state index is 13.0. The van der Waals surface area contributed by atoms with E-state index in [2.05, 4.69) is 10.6 Å². The van der Waals surface area contributed by atoms with Crippen molar-refractivity contribution < 1.29 is 24.2 Å². The fourth-order valence-corrected chi connectivity index (χ4v) is 4.46.